The summed E-state index contributed by atoms with van der Waals surface area (Å²) in [5.41, 5.74) is 4.62. The number of aromatic nitrogens is 3. The van der Waals surface area contributed by atoms with Crippen molar-refractivity contribution in [3.8, 4) is 11.5 Å². The molecule has 4 aromatic rings. The molecule has 24 heavy (non-hydrogen) atoms. The Kier molecular flexibility index (Phi) is 3.49. The molecule has 0 N–H and O–H groups in total. The van der Waals surface area contributed by atoms with Crippen LogP contribution in [0.3, 0.4) is 0 Å². The Morgan fingerprint density at radius 3 is 2.29 bits per heavy atom. The number of hydrogen-bond donors (Lipinski definition) is 0. The Morgan fingerprint density at radius 2 is 1.62 bits per heavy atom. The average Bonchev–Trinajstić information content (AvgIpc) is 2.92. The third kappa shape index (κ3) is 2.08. The number of aryl methyl sites for hydroxylation is 1. The molecular formula is C19H19N3O2. The van der Waals surface area contributed by atoms with Crippen LogP contribution in [0.25, 0.3) is 33.1 Å². The van der Waals surface area contributed by atoms with Crippen LogP contribution in [0, 0.1) is 0 Å². The van der Waals surface area contributed by atoms with Crippen molar-refractivity contribution in [3.05, 3.63) is 36.4 Å². The summed E-state index contributed by atoms with van der Waals surface area (Å²) in [4.78, 5) is 9.76. The summed E-state index contributed by atoms with van der Waals surface area (Å²) in [7, 11) is 3.26. The van der Waals surface area contributed by atoms with Crippen molar-refractivity contribution in [3.63, 3.8) is 0 Å². The van der Waals surface area contributed by atoms with E-state index in [1.54, 1.807) is 14.2 Å². The van der Waals surface area contributed by atoms with E-state index in [9.17, 15) is 0 Å². The van der Waals surface area contributed by atoms with Crippen molar-refractivity contribution in [2.24, 2.45) is 0 Å². The maximum atomic E-state index is 5.39. The molecule has 0 atom stereocenters. The molecule has 0 saturated carbocycles. The molecule has 5 heteroatoms. The van der Waals surface area contributed by atoms with Crippen molar-refractivity contribution in [2.45, 2.75) is 19.9 Å². The first kappa shape index (κ1) is 14.8. The number of para-hydroxylation sites is 1. The minimum Gasteiger partial charge on any atom is -0.493 e. The van der Waals surface area contributed by atoms with Crippen molar-refractivity contribution in [1.29, 1.82) is 0 Å². The molecule has 0 aliphatic heterocycles. The zero-order chi connectivity index (χ0) is 16.7. The van der Waals surface area contributed by atoms with Gasteiger partial charge in [0.25, 0.3) is 0 Å². The Bertz CT molecular complexity index is 1050. The van der Waals surface area contributed by atoms with E-state index in [0.29, 0.717) is 11.5 Å². The van der Waals surface area contributed by atoms with Crippen LogP contribution in [0.2, 0.25) is 0 Å². The normalized spacial score (nSPS) is 11.5. The molecule has 0 aliphatic carbocycles. The SMILES string of the molecule is CCCn1c2ccccc2c2nc3cc(OC)c(OC)cc3nc21. The zero-order valence-electron chi connectivity index (χ0n) is 14.0. The molecule has 122 valence electrons. The third-order valence-corrected chi connectivity index (χ3v) is 4.30. The van der Waals surface area contributed by atoms with Gasteiger partial charge >= 0.3 is 0 Å². The number of fused-ring (bicyclic) bond motifs is 4. The topological polar surface area (TPSA) is 49.2 Å². The molecule has 4 rings (SSSR count). The molecule has 0 bridgehead atoms. The highest BCUT2D eigenvalue weighted by Gasteiger charge is 2.15. The third-order valence-electron chi connectivity index (χ3n) is 4.30. The standard InChI is InChI=1S/C19H19N3O2/c1-4-9-22-15-8-6-5-7-12(15)18-19(22)21-14-11-17(24-3)16(23-2)10-13(14)20-18/h5-8,10-11H,4,9H2,1-3H3. The van der Waals surface area contributed by atoms with Gasteiger partial charge in [0.15, 0.2) is 17.1 Å². The lowest BCUT2D eigenvalue weighted by atomic mass is 10.2. The highest BCUT2D eigenvalue weighted by molar-refractivity contribution is 6.06. The quantitative estimate of drug-likeness (QED) is 0.566. The number of rotatable bonds is 4. The van der Waals surface area contributed by atoms with Crippen molar-refractivity contribution < 1.29 is 9.47 Å². The van der Waals surface area contributed by atoms with E-state index in [0.717, 1.165) is 40.5 Å². The number of methoxy groups -OCH3 is 2. The van der Waals surface area contributed by atoms with Gasteiger partial charge in [-0.15, -0.1) is 0 Å². The second kappa shape index (κ2) is 5.67. The fourth-order valence-corrected chi connectivity index (χ4v) is 3.22. The van der Waals surface area contributed by atoms with Crippen LogP contribution in [-0.4, -0.2) is 28.8 Å². The second-order valence-electron chi connectivity index (χ2n) is 5.76. The van der Waals surface area contributed by atoms with Crippen molar-refractivity contribution in [1.82, 2.24) is 14.5 Å². The van der Waals surface area contributed by atoms with Gasteiger partial charge in [0, 0.05) is 24.1 Å². The van der Waals surface area contributed by atoms with Gasteiger partial charge in [-0.2, -0.15) is 0 Å². The summed E-state index contributed by atoms with van der Waals surface area (Å²) in [6, 6.07) is 12.1. The van der Waals surface area contributed by atoms with Gasteiger partial charge in [0.2, 0.25) is 0 Å². The summed E-state index contributed by atoms with van der Waals surface area (Å²) in [6.07, 6.45) is 1.04. The van der Waals surface area contributed by atoms with Crippen LogP contribution in [0.4, 0.5) is 0 Å². The maximum absolute atomic E-state index is 5.39. The molecule has 2 heterocycles. The number of nitrogens with zero attached hydrogens (tertiary/aromatic N) is 3. The average molecular weight is 321 g/mol. The Hall–Kier alpha value is -2.82. The van der Waals surface area contributed by atoms with Gasteiger partial charge in [0.1, 0.15) is 5.52 Å². The monoisotopic (exact) mass is 321 g/mol. The molecule has 0 radical (unpaired) electrons. The fraction of sp³-hybridized carbons (Fsp3) is 0.263. The molecule has 0 aliphatic rings. The lowest BCUT2D eigenvalue weighted by Crippen LogP contribution is -1.99. The maximum Gasteiger partial charge on any atom is 0.163 e. The second-order valence-corrected chi connectivity index (χ2v) is 5.76. The lowest BCUT2D eigenvalue weighted by molar-refractivity contribution is 0.355. The highest BCUT2D eigenvalue weighted by atomic mass is 16.5. The minimum atomic E-state index is 0.663. The van der Waals surface area contributed by atoms with Gasteiger partial charge in [0.05, 0.1) is 30.8 Å². The Balaban J connectivity index is 2.12. The largest absolute Gasteiger partial charge is 0.493 e. The molecule has 5 nitrogen and oxygen atoms in total. The van der Waals surface area contributed by atoms with E-state index in [1.807, 2.05) is 18.2 Å². The molecule has 0 fully saturated rings. The molecule has 0 unspecified atom stereocenters. The molecule has 2 aromatic carbocycles. The smallest absolute Gasteiger partial charge is 0.163 e. The van der Waals surface area contributed by atoms with Crippen LogP contribution in [0.5, 0.6) is 11.5 Å². The van der Waals surface area contributed by atoms with Crippen LogP contribution in [0.15, 0.2) is 36.4 Å². The van der Waals surface area contributed by atoms with Crippen molar-refractivity contribution >= 4 is 33.1 Å². The van der Waals surface area contributed by atoms with E-state index >= 15 is 0 Å². The molecule has 2 aromatic heterocycles. The number of benzene rings is 2. The van der Waals surface area contributed by atoms with Gasteiger partial charge in [-0.25, -0.2) is 9.97 Å². The summed E-state index contributed by atoms with van der Waals surface area (Å²) >= 11 is 0. The van der Waals surface area contributed by atoms with E-state index in [1.165, 1.54) is 5.52 Å². The van der Waals surface area contributed by atoms with E-state index in [4.69, 9.17) is 19.4 Å². The predicted molar refractivity (Wildman–Crippen MR) is 95.9 cm³/mol. The zero-order valence-corrected chi connectivity index (χ0v) is 14.0. The van der Waals surface area contributed by atoms with Gasteiger partial charge < -0.3 is 14.0 Å². The predicted octanol–water partition coefficient (Wildman–Crippen LogP) is 4.16. The van der Waals surface area contributed by atoms with Gasteiger partial charge in [-0.05, 0) is 12.5 Å². The first-order valence-electron chi connectivity index (χ1n) is 8.07. The lowest BCUT2D eigenvalue weighted by Gasteiger charge is -2.09. The van der Waals surface area contributed by atoms with Gasteiger partial charge in [-0.1, -0.05) is 25.1 Å². The van der Waals surface area contributed by atoms with Crippen LogP contribution < -0.4 is 9.47 Å². The minimum absolute atomic E-state index is 0.663. The fourth-order valence-electron chi connectivity index (χ4n) is 3.22. The number of ether oxygens (including phenoxy) is 2. The van der Waals surface area contributed by atoms with Crippen LogP contribution in [-0.2, 0) is 6.54 Å². The Labute approximate surface area is 139 Å². The van der Waals surface area contributed by atoms with E-state index in [2.05, 4.69) is 29.7 Å². The summed E-state index contributed by atoms with van der Waals surface area (Å²) in [6.45, 7) is 3.08. The Morgan fingerprint density at radius 1 is 0.958 bits per heavy atom. The van der Waals surface area contributed by atoms with E-state index in [-0.39, 0.29) is 0 Å². The first-order valence-corrected chi connectivity index (χ1v) is 8.07. The molecule has 0 saturated heterocycles. The molecule has 0 amide bonds. The summed E-state index contributed by atoms with van der Waals surface area (Å²) < 4.78 is 13.0. The van der Waals surface area contributed by atoms with Gasteiger partial charge in [-0.3, -0.25) is 0 Å². The van der Waals surface area contributed by atoms with E-state index < -0.39 is 0 Å². The van der Waals surface area contributed by atoms with Crippen LogP contribution in [0.1, 0.15) is 13.3 Å². The summed E-state index contributed by atoms with van der Waals surface area (Å²) in [5, 5.41) is 1.13. The highest BCUT2D eigenvalue weighted by Crippen LogP contribution is 2.33. The van der Waals surface area contributed by atoms with Crippen LogP contribution >= 0.6 is 0 Å². The molecular weight excluding hydrogens is 302 g/mol. The summed E-state index contributed by atoms with van der Waals surface area (Å²) in [5.74, 6) is 1.33. The first-order chi connectivity index (χ1) is 11.8. The van der Waals surface area contributed by atoms with Crippen molar-refractivity contribution in [2.75, 3.05) is 14.2 Å². The number of hydrogen-bond acceptors (Lipinski definition) is 4. The molecule has 0 spiro atoms.